The Balaban J connectivity index is 1.44. The summed E-state index contributed by atoms with van der Waals surface area (Å²) in [6.45, 7) is 2.25. The van der Waals surface area contributed by atoms with Gasteiger partial charge in [-0.3, -0.25) is 14.6 Å². The van der Waals surface area contributed by atoms with Crippen molar-refractivity contribution in [1.29, 1.82) is 0 Å². The van der Waals surface area contributed by atoms with Crippen molar-refractivity contribution in [2.45, 2.75) is 25.9 Å². The first-order valence-electron chi connectivity index (χ1n) is 9.05. The molecule has 1 amide bonds. The van der Waals surface area contributed by atoms with Crippen molar-refractivity contribution < 1.29 is 14.3 Å². The minimum absolute atomic E-state index is 0.0859. The molecule has 1 aromatic heterocycles. The van der Waals surface area contributed by atoms with E-state index in [1.54, 1.807) is 18.0 Å². The number of rotatable bonds is 4. The molecule has 5 heteroatoms. The molecule has 5 nitrogen and oxygen atoms in total. The number of esters is 1. The molecule has 2 heterocycles. The fourth-order valence-electron chi connectivity index (χ4n) is 3.54. The standard InChI is InChI=1S/C22H20N2O3/c1-15(22(26)24-13-11-16-6-2-3-10-19(16)24)27-20(25)14-18-8-4-7-17-9-5-12-23-21(17)18/h2-10,12,15H,11,13-14H2,1H3. The fraction of sp³-hybridized carbons (Fsp3) is 0.227. The van der Waals surface area contributed by atoms with Gasteiger partial charge < -0.3 is 9.64 Å². The van der Waals surface area contributed by atoms with E-state index in [-0.39, 0.29) is 12.3 Å². The topological polar surface area (TPSA) is 59.5 Å². The second kappa shape index (κ2) is 7.19. The van der Waals surface area contributed by atoms with Crippen LogP contribution in [0.25, 0.3) is 10.9 Å². The van der Waals surface area contributed by atoms with Gasteiger partial charge in [0.2, 0.25) is 0 Å². The van der Waals surface area contributed by atoms with E-state index >= 15 is 0 Å². The Morgan fingerprint density at radius 1 is 1.11 bits per heavy atom. The highest BCUT2D eigenvalue weighted by Crippen LogP contribution is 2.28. The zero-order chi connectivity index (χ0) is 18.8. The predicted molar refractivity (Wildman–Crippen MR) is 104 cm³/mol. The Morgan fingerprint density at radius 3 is 2.81 bits per heavy atom. The Labute approximate surface area is 157 Å². The molecule has 1 atom stereocenters. The van der Waals surface area contributed by atoms with Crippen molar-refractivity contribution >= 4 is 28.5 Å². The fourth-order valence-corrected chi connectivity index (χ4v) is 3.54. The molecule has 136 valence electrons. The summed E-state index contributed by atoms with van der Waals surface area (Å²) in [7, 11) is 0. The van der Waals surface area contributed by atoms with Crippen LogP contribution in [0.15, 0.2) is 60.8 Å². The maximum absolute atomic E-state index is 12.7. The van der Waals surface area contributed by atoms with Crippen LogP contribution in [-0.2, 0) is 27.2 Å². The zero-order valence-corrected chi connectivity index (χ0v) is 15.1. The van der Waals surface area contributed by atoms with E-state index < -0.39 is 12.1 Å². The summed E-state index contributed by atoms with van der Waals surface area (Å²) in [5.41, 5.74) is 3.63. The smallest absolute Gasteiger partial charge is 0.311 e. The van der Waals surface area contributed by atoms with Crippen LogP contribution < -0.4 is 4.90 Å². The highest BCUT2D eigenvalue weighted by atomic mass is 16.5. The molecular formula is C22H20N2O3. The molecule has 1 unspecified atom stereocenters. The van der Waals surface area contributed by atoms with Crippen molar-refractivity contribution in [3.63, 3.8) is 0 Å². The lowest BCUT2D eigenvalue weighted by molar-refractivity contribution is -0.153. The van der Waals surface area contributed by atoms with Crippen LogP contribution in [0.3, 0.4) is 0 Å². The average molecular weight is 360 g/mol. The van der Waals surface area contributed by atoms with E-state index in [2.05, 4.69) is 4.98 Å². The van der Waals surface area contributed by atoms with Crippen molar-refractivity contribution in [2.24, 2.45) is 0 Å². The molecule has 2 aromatic carbocycles. The normalized spacial score (nSPS) is 14.0. The number of para-hydroxylation sites is 2. The van der Waals surface area contributed by atoms with Gasteiger partial charge >= 0.3 is 5.97 Å². The Bertz CT molecular complexity index is 1010. The zero-order valence-electron chi connectivity index (χ0n) is 15.1. The van der Waals surface area contributed by atoms with Crippen LogP contribution in [0.1, 0.15) is 18.1 Å². The molecule has 0 saturated heterocycles. The van der Waals surface area contributed by atoms with Crippen LogP contribution >= 0.6 is 0 Å². The van der Waals surface area contributed by atoms with Crippen molar-refractivity contribution in [3.8, 4) is 0 Å². The second-order valence-electron chi connectivity index (χ2n) is 6.67. The monoisotopic (exact) mass is 360 g/mol. The van der Waals surface area contributed by atoms with Gasteiger partial charge in [0, 0.05) is 23.8 Å². The number of nitrogens with zero attached hydrogens (tertiary/aromatic N) is 2. The number of aromatic nitrogens is 1. The molecule has 0 radical (unpaired) electrons. The molecule has 0 spiro atoms. The molecule has 4 rings (SSSR count). The van der Waals surface area contributed by atoms with Gasteiger partial charge in [-0.2, -0.15) is 0 Å². The Morgan fingerprint density at radius 2 is 1.93 bits per heavy atom. The quantitative estimate of drug-likeness (QED) is 0.670. The number of hydrogen-bond acceptors (Lipinski definition) is 4. The van der Waals surface area contributed by atoms with E-state index in [9.17, 15) is 9.59 Å². The number of anilines is 1. The first-order valence-corrected chi connectivity index (χ1v) is 9.05. The molecular weight excluding hydrogens is 340 g/mol. The first-order chi connectivity index (χ1) is 13.1. The van der Waals surface area contributed by atoms with Crippen molar-refractivity contribution in [1.82, 2.24) is 4.98 Å². The number of ether oxygens (including phenoxy) is 1. The highest BCUT2D eigenvalue weighted by Gasteiger charge is 2.29. The summed E-state index contributed by atoms with van der Waals surface area (Å²) >= 11 is 0. The summed E-state index contributed by atoms with van der Waals surface area (Å²) in [5, 5.41) is 0.973. The van der Waals surface area contributed by atoms with Crippen LogP contribution in [-0.4, -0.2) is 29.5 Å². The lowest BCUT2D eigenvalue weighted by Gasteiger charge is -2.21. The summed E-state index contributed by atoms with van der Waals surface area (Å²) in [4.78, 5) is 31.2. The van der Waals surface area contributed by atoms with Gasteiger partial charge in [0.15, 0.2) is 6.10 Å². The molecule has 0 bridgehead atoms. The van der Waals surface area contributed by atoms with Gasteiger partial charge in [-0.1, -0.05) is 42.5 Å². The van der Waals surface area contributed by atoms with E-state index in [0.29, 0.717) is 6.54 Å². The lowest BCUT2D eigenvalue weighted by Crippen LogP contribution is -2.39. The third kappa shape index (κ3) is 3.40. The molecule has 0 fully saturated rings. The lowest BCUT2D eigenvalue weighted by atomic mass is 10.1. The molecule has 27 heavy (non-hydrogen) atoms. The van der Waals surface area contributed by atoms with Crippen LogP contribution in [0.4, 0.5) is 5.69 Å². The third-order valence-electron chi connectivity index (χ3n) is 4.86. The van der Waals surface area contributed by atoms with Crippen molar-refractivity contribution in [3.05, 3.63) is 71.9 Å². The van der Waals surface area contributed by atoms with Crippen LogP contribution in [0, 0.1) is 0 Å². The first kappa shape index (κ1) is 17.2. The van der Waals surface area contributed by atoms with E-state index in [0.717, 1.165) is 34.1 Å². The van der Waals surface area contributed by atoms with Gasteiger partial charge in [0.25, 0.3) is 5.91 Å². The van der Waals surface area contributed by atoms with Crippen LogP contribution in [0.2, 0.25) is 0 Å². The number of pyridine rings is 1. The predicted octanol–water partition coefficient (Wildman–Crippen LogP) is 3.30. The summed E-state index contributed by atoms with van der Waals surface area (Å²) < 4.78 is 5.43. The number of carbonyl (C=O) groups is 2. The van der Waals surface area contributed by atoms with Gasteiger partial charge in [-0.15, -0.1) is 0 Å². The maximum atomic E-state index is 12.7. The number of benzene rings is 2. The third-order valence-corrected chi connectivity index (χ3v) is 4.86. The average Bonchev–Trinajstić information content (AvgIpc) is 3.11. The van der Waals surface area contributed by atoms with Gasteiger partial charge in [0.05, 0.1) is 11.9 Å². The number of carbonyl (C=O) groups excluding carboxylic acids is 2. The molecule has 3 aromatic rings. The number of amides is 1. The van der Waals surface area contributed by atoms with E-state index in [4.69, 9.17) is 4.74 Å². The minimum Gasteiger partial charge on any atom is -0.452 e. The second-order valence-corrected chi connectivity index (χ2v) is 6.67. The number of hydrogen-bond donors (Lipinski definition) is 0. The van der Waals surface area contributed by atoms with Gasteiger partial charge in [-0.05, 0) is 36.6 Å². The largest absolute Gasteiger partial charge is 0.452 e. The SMILES string of the molecule is CC(OC(=O)Cc1cccc2cccnc12)C(=O)N1CCc2ccccc21. The van der Waals surface area contributed by atoms with Crippen LogP contribution in [0.5, 0.6) is 0 Å². The van der Waals surface area contributed by atoms with Gasteiger partial charge in [0.1, 0.15) is 0 Å². The van der Waals surface area contributed by atoms with Gasteiger partial charge in [-0.25, -0.2) is 0 Å². The molecule has 0 N–H and O–H groups in total. The summed E-state index contributed by atoms with van der Waals surface area (Å²) in [5.74, 6) is -0.620. The highest BCUT2D eigenvalue weighted by molar-refractivity contribution is 5.99. The minimum atomic E-state index is -0.827. The summed E-state index contributed by atoms with van der Waals surface area (Å²) in [6.07, 6.45) is 1.78. The molecule has 0 aliphatic carbocycles. The number of fused-ring (bicyclic) bond motifs is 2. The van der Waals surface area contributed by atoms with E-state index in [1.807, 2.05) is 54.6 Å². The molecule has 0 saturated carbocycles. The Kier molecular flexibility index (Phi) is 4.59. The maximum Gasteiger partial charge on any atom is 0.311 e. The summed E-state index contributed by atoms with van der Waals surface area (Å²) in [6, 6.07) is 17.3. The molecule has 1 aliphatic heterocycles. The Hall–Kier alpha value is -3.21. The van der Waals surface area contributed by atoms with Crippen molar-refractivity contribution in [2.75, 3.05) is 11.4 Å². The molecule has 1 aliphatic rings. The van der Waals surface area contributed by atoms with E-state index in [1.165, 1.54) is 0 Å².